The molecule has 0 bridgehead atoms. The van der Waals surface area contributed by atoms with Crippen molar-refractivity contribution >= 4 is 7.82 Å². The van der Waals surface area contributed by atoms with Gasteiger partial charge in [0, 0.05) is 0 Å². The van der Waals surface area contributed by atoms with Gasteiger partial charge in [0.15, 0.2) is 0 Å². The minimum atomic E-state index is -4.26. The van der Waals surface area contributed by atoms with Crippen LogP contribution in [0.2, 0.25) is 0 Å². The van der Waals surface area contributed by atoms with Crippen molar-refractivity contribution in [2.24, 2.45) is 11.7 Å². The average molecular weight is 480 g/mol. The monoisotopic (exact) mass is 479 g/mol. The van der Waals surface area contributed by atoms with Gasteiger partial charge in [-0.2, -0.15) is 0 Å². The number of unbranched alkanes of at least 4 members (excludes halogenated alkanes) is 16. The highest BCUT2D eigenvalue weighted by Gasteiger charge is 2.16. The summed E-state index contributed by atoms with van der Waals surface area (Å²) in [5.41, 5.74) is 5.48. The van der Waals surface area contributed by atoms with Gasteiger partial charge in [-0.15, -0.1) is 0 Å². The second kappa shape index (κ2) is 27.3. The molecular weight excluding hydrogens is 421 g/mol. The highest BCUT2D eigenvalue weighted by molar-refractivity contribution is 7.46. The zero-order valence-corrected chi connectivity index (χ0v) is 22.8. The van der Waals surface area contributed by atoms with Crippen LogP contribution >= 0.6 is 7.82 Å². The number of rotatable bonds is 23. The minimum absolute atomic E-state index is 0.167. The number of hydrogen-bond acceptors (Lipinski definition) is 3. The van der Waals surface area contributed by atoms with Crippen molar-refractivity contribution in [3.8, 4) is 0 Å². The molecule has 0 saturated heterocycles. The Morgan fingerprint density at radius 1 is 0.656 bits per heavy atom. The zero-order chi connectivity index (χ0) is 24.3. The van der Waals surface area contributed by atoms with Gasteiger partial charge in [0.2, 0.25) is 0 Å². The number of phosphoric ester groups is 1. The van der Waals surface area contributed by atoms with Crippen LogP contribution in [0.25, 0.3) is 0 Å². The molecule has 0 aliphatic carbocycles. The Kier molecular flexibility index (Phi) is 29.2. The SMILES string of the molecule is CCCCC(CC)COP(=O)(O)O.CCCCCCCCCCCCCCCCCCN. The van der Waals surface area contributed by atoms with E-state index in [9.17, 15) is 4.57 Å². The van der Waals surface area contributed by atoms with Crippen LogP contribution in [0.15, 0.2) is 0 Å². The Morgan fingerprint density at radius 3 is 1.34 bits per heavy atom. The first kappa shape index (κ1) is 34.2. The lowest BCUT2D eigenvalue weighted by Crippen LogP contribution is -2.07. The van der Waals surface area contributed by atoms with Crippen LogP contribution in [0.1, 0.15) is 149 Å². The fourth-order valence-corrected chi connectivity index (χ4v) is 4.20. The molecular formula is C26H58NO4P. The van der Waals surface area contributed by atoms with Gasteiger partial charge in [-0.25, -0.2) is 4.57 Å². The predicted octanol–water partition coefficient (Wildman–Crippen LogP) is 8.52. The Labute approximate surface area is 200 Å². The van der Waals surface area contributed by atoms with Crippen molar-refractivity contribution < 1.29 is 18.9 Å². The third kappa shape index (κ3) is 32.3. The molecule has 0 fully saturated rings. The van der Waals surface area contributed by atoms with E-state index in [1.165, 1.54) is 103 Å². The van der Waals surface area contributed by atoms with Gasteiger partial charge in [0.1, 0.15) is 0 Å². The summed E-state index contributed by atoms with van der Waals surface area (Å²) in [6.45, 7) is 7.43. The van der Waals surface area contributed by atoms with Crippen molar-refractivity contribution in [2.45, 2.75) is 149 Å². The summed E-state index contributed by atoms with van der Waals surface area (Å²) in [5, 5.41) is 0. The molecule has 6 heteroatoms. The van der Waals surface area contributed by atoms with Crippen molar-refractivity contribution in [1.29, 1.82) is 0 Å². The lowest BCUT2D eigenvalue weighted by Gasteiger charge is -2.14. The van der Waals surface area contributed by atoms with E-state index in [1.807, 2.05) is 6.92 Å². The summed E-state index contributed by atoms with van der Waals surface area (Å²) in [6, 6.07) is 0. The summed E-state index contributed by atoms with van der Waals surface area (Å²) in [4.78, 5) is 17.0. The van der Waals surface area contributed by atoms with Crippen LogP contribution in [0, 0.1) is 5.92 Å². The van der Waals surface area contributed by atoms with Crippen LogP contribution in [0.4, 0.5) is 0 Å². The maximum absolute atomic E-state index is 10.4. The summed E-state index contributed by atoms with van der Waals surface area (Å²) >= 11 is 0. The fraction of sp³-hybridized carbons (Fsp3) is 1.00. The molecule has 0 aromatic heterocycles. The first-order chi connectivity index (χ1) is 15.4. The quantitative estimate of drug-likeness (QED) is 0.101. The molecule has 5 nitrogen and oxygen atoms in total. The van der Waals surface area contributed by atoms with E-state index < -0.39 is 7.82 Å². The third-order valence-electron chi connectivity index (χ3n) is 6.08. The van der Waals surface area contributed by atoms with Gasteiger partial charge in [-0.1, -0.05) is 136 Å². The molecule has 1 unspecified atom stereocenters. The van der Waals surface area contributed by atoms with Crippen molar-refractivity contribution in [2.75, 3.05) is 13.2 Å². The van der Waals surface area contributed by atoms with Gasteiger partial charge in [0.25, 0.3) is 0 Å². The van der Waals surface area contributed by atoms with Crippen molar-refractivity contribution in [3.05, 3.63) is 0 Å². The molecule has 0 aromatic rings. The van der Waals surface area contributed by atoms with Gasteiger partial charge >= 0.3 is 7.82 Å². The van der Waals surface area contributed by atoms with E-state index in [0.29, 0.717) is 0 Å². The van der Waals surface area contributed by atoms with Crippen molar-refractivity contribution in [1.82, 2.24) is 0 Å². The fourth-order valence-electron chi connectivity index (χ4n) is 3.79. The van der Waals surface area contributed by atoms with E-state index in [2.05, 4.69) is 18.4 Å². The molecule has 4 N–H and O–H groups in total. The second-order valence-electron chi connectivity index (χ2n) is 9.29. The molecule has 0 radical (unpaired) electrons. The maximum Gasteiger partial charge on any atom is 0.469 e. The maximum atomic E-state index is 10.4. The van der Waals surface area contributed by atoms with Crippen LogP contribution < -0.4 is 5.73 Å². The van der Waals surface area contributed by atoms with Gasteiger partial charge < -0.3 is 15.5 Å². The molecule has 0 aliphatic rings. The van der Waals surface area contributed by atoms with Crippen LogP contribution in [0.5, 0.6) is 0 Å². The van der Waals surface area contributed by atoms with Crippen LogP contribution in [0.3, 0.4) is 0 Å². The lowest BCUT2D eigenvalue weighted by atomic mass is 10.0. The van der Waals surface area contributed by atoms with E-state index in [-0.39, 0.29) is 12.5 Å². The molecule has 0 spiro atoms. The molecule has 0 amide bonds. The molecule has 32 heavy (non-hydrogen) atoms. The summed E-state index contributed by atoms with van der Waals surface area (Å²) in [6.07, 6.45) is 26.9. The highest BCUT2D eigenvalue weighted by Crippen LogP contribution is 2.37. The van der Waals surface area contributed by atoms with E-state index >= 15 is 0 Å². The second-order valence-corrected chi connectivity index (χ2v) is 10.5. The van der Waals surface area contributed by atoms with Crippen molar-refractivity contribution in [3.63, 3.8) is 0 Å². The summed E-state index contributed by atoms with van der Waals surface area (Å²) in [5.74, 6) is 0.271. The van der Waals surface area contributed by atoms with Gasteiger partial charge in [0.05, 0.1) is 6.61 Å². The van der Waals surface area contributed by atoms with E-state index in [0.717, 1.165) is 32.2 Å². The van der Waals surface area contributed by atoms with Gasteiger partial charge in [-0.05, 0) is 25.3 Å². The highest BCUT2D eigenvalue weighted by atomic mass is 31.2. The Hall–Kier alpha value is 0.0700. The third-order valence-corrected chi connectivity index (χ3v) is 6.56. The standard InChI is InChI=1S/C18H39N.C8H19O4P/c1-2-3-4-5-6-7-8-9-10-11-12-13-14-15-16-17-18-19;1-3-5-6-8(4-2)7-12-13(9,10)11/h2-19H2,1H3;8H,3-7H2,1-2H3,(H2,9,10,11). The largest absolute Gasteiger partial charge is 0.469 e. The first-order valence-electron chi connectivity index (χ1n) is 13.8. The topological polar surface area (TPSA) is 92.8 Å². The van der Waals surface area contributed by atoms with Gasteiger partial charge in [-0.3, -0.25) is 4.52 Å². The molecule has 0 heterocycles. The normalized spacial score (nSPS) is 12.4. The van der Waals surface area contributed by atoms with Crippen LogP contribution in [-0.2, 0) is 9.09 Å². The Morgan fingerprint density at radius 2 is 1.03 bits per heavy atom. The molecule has 0 rings (SSSR count). The molecule has 1 atom stereocenters. The molecule has 0 aliphatic heterocycles. The summed E-state index contributed by atoms with van der Waals surface area (Å²) < 4.78 is 14.8. The molecule has 0 aromatic carbocycles. The Bertz CT molecular complexity index is 374. The van der Waals surface area contributed by atoms with E-state index in [1.54, 1.807) is 0 Å². The molecule has 196 valence electrons. The van der Waals surface area contributed by atoms with E-state index in [4.69, 9.17) is 15.5 Å². The summed E-state index contributed by atoms with van der Waals surface area (Å²) in [7, 11) is -4.26. The molecule has 0 saturated carbocycles. The smallest absolute Gasteiger partial charge is 0.330 e. The number of nitrogens with two attached hydrogens (primary N) is 1. The van der Waals surface area contributed by atoms with Crippen LogP contribution in [-0.4, -0.2) is 22.9 Å². The minimum Gasteiger partial charge on any atom is -0.330 e. The number of hydrogen-bond donors (Lipinski definition) is 3. The number of phosphoric acid groups is 1. The Balaban J connectivity index is 0. The average Bonchev–Trinajstić information content (AvgIpc) is 2.76. The zero-order valence-electron chi connectivity index (χ0n) is 21.9. The first-order valence-corrected chi connectivity index (χ1v) is 15.3. The lowest BCUT2D eigenvalue weighted by molar-refractivity contribution is 0.161. The predicted molar refractivity (Wildman–Crippen MR) is 140 cm³/mol.